The molecule has 0 spiro atoms. The van der Waals surface area contributed by atoms with Crippen LogP contribution < -0.4 is 5.73 Å². The first-order valence-electron chi connectivity index (χ1n) is 6.61. The molecular weight excluding hydrogens is 210 g/mol. The number of likely N-dealkylation sites (tertiary alicyclic amines) is 1. The van der Waals surface area contributed by atoms with Gasteiger partial charge in [-0.1, -0.05) is 13.8 Å². The highest BCUT2D eigenvalue weighted by molar-refractivity contribution is 5.41. The molecule has 94 valence electrons. The molecule has 0 saturated carbocycles. The lowest BCUT2D eigenvalue weighted by molar-refractivity contribution is 0.235. The molecule has 1 aromatic rings. The number of nitrogens with two attached hydrogens (primary N) is 1. The molecular formula is C14H23N3. The van der Waals surface area contributed by atoms with E-state index in [0.717, 1.165) is 17.9 Å². The quantitative estimate of drug-likeness (QED) is 0.869. The van der Waals surface area contributed by atoms with Crippen molar-refractivity contribution < 1.29 is 0 Å². The van der Waals surface area contributed by atoms with Crippen LogP contribution in [0.2, 0.25) is 0 Å². The van der Waals surface area contributed by atoms with Crippen molar-refractivity contribution in [2.24, 2.45) is 5.41 Å². The Kier molecular flexibility index (Phi) is 3.67. The Bertz CT molecular complexity index is 371. The smallest absolute Gasteiger partial charge is 0.0772 e. The normalized spacial score (nSPS) is 19.6. The van der Waals surface area contributed by atoms with Crippen LogP contribution in [0, 0.1) is 5.41 Å². The summed E-state index contributed by atoms with van der Waals surface area (Å²) in [5, 5.41) is 0. The molecule has 3 heteroatoms. The zero-order chi connectivity index (χ0) is 12.3. The fourth-order valence-electron chi connectivity index (χ4n) is 2.78. The zero-order valence-electron chi connectivity index (χ0n) is 10.9. The van der Waals surface area contributed by atoms with E-state index < -0.39 is 0 Å². The Morgan fingerprint density at radius 3 is 2.76 bits per heavy atom. The molecule has 1 fully saturated rings. The van der Waals surface area contributed by atoms with E-state index in [1.54, 1.807) is 0 Å². The third-order valence-electron chi connectivity index (χ3n) is 4.32. The lowest BCUT2D eigenvalue weighted by atomic mass is 9.82. The van der Waals surface area contributed by atoms with Crippen LogP contribution in [-0.2, 0) is 6.54 Å². The maximum atomic E-state index is 5.94. The maximum Gasteiger partial charge on any atom is 0.0772 e. The molecule has 0 aromatic carbocycles. The standard InChI is InChI=1S/C14H23N3/c1-3-14(4-2)7-9-17(11-14)10-13-12(15)6-5-8-16-13/h5-6,8H,3-4,7,9-11,15H2,1-2H3. The van der Waals surface area contributed by atoms with E-state index in [2.05, 4.69) is 23.7 Å². The van der Waals surface area contributed by atoms with Crippen LogP contribution >= 0.6 is 0 Å². The van der Waals surface area contributed by atoms with Gasteiger partial charge in [0, 0.05) is 19.3 Å². The zero-order valence-corrected chi connectivity index (χ0v) is 10.9. The SMILES string of the molecule is CCC1(CC)CCN(Cc2ncccc2N)C1. The average Bonchev–Trinajstić information content (AvgIpc) is 2.76. The predicted molar refractivity (Wildman–Crippen MR) is 71.6 cm³/mol. The molecule has 0 atom stereocenters. The van der Waals surface area contributed by atoms with E-state index in [1.165, 1.54) is 32.4 Å². The lowest BCUT2D eigenvalue weighted by Crippen LogP contribution is -2.26. The first-order valence-corrected chi connectivity index (χ1v) is 6.61. The van der Waals surface area contributed by atoms with Gasteiger partial charge in [0.05, 0.1) is 11.4 Å². The molecule has 2 rings (SSSR count). The van der Waals surface area contributed by atoms with Crippen LogP contribution in [0.4, 0.5) is 5.69 Å². The molecule has 17 heavy (non-hydrogen) atoms. The summed E-state index contributed by atoms with van der Waals surface area (Å²) in [6.07, 6.45) is 5.69. The number of aromatic nitrogens is 1. The van der Waals surface area contributed by atoms with Crippen molar-refractivity contribution in [2.45, 2.75) is 39.7 Å². The van der Waals surface area contributed by atoms with Crippen molar-refractivity contribution in [3.8, 4) is 0 Å². The van der Waals surface area contributed by atoms with Crippen LogP contribution in [0.15, 0.2) is 18.3 Å². The molecule has 0 bridgehead atoms. The number of pyridine rings is 1. The van der Waals surface area contributed by atoms with Crippen molar-refractivity contribution in [3.63, 3.8) is 0 Å². The Labute approximate surface area is 104 Å². The summed E-state index contributed by atoms with van der Waals surface area (Å²) in [6.45, 7) is 7.88. The second-order valence-electron chi connectivity index (χ2n) is 5.21. The second kappa shape index (κ2) is 5.05. The number of hydrogen-bond acceptors (Lipinski definition) is 3. The third-order valence-corrected chi connectivity index (χ3v) is 4.32. The van der Waals surface area contributed by atoms with E-state index >= 15 is 0 Å². The highest BCUT2D eigenvalue weighted by atomic mass is 15.2. The third kappa shape index (κ3) is 2.60. The van der Waals surface area contributed by atoms with Gasteiger partial charge in [-0.05, 0) is 43.4 Å². The van der Waals surface area contributed by atoms with E-state index in [-0.39, 0.29) is 0 Å². The van der Waals surface area contributed by atoms with E-state index in [9.17, 15) is 0 Å². The molecule has 1 saturated heterocycles. The van der Waals surface area contributed by atoms with E-state index in [0.29, 0.717) is 5.41 Å². The van der Waals surface area contributed by atoms with Gasteiger partial charge in [0.1, 0.15) is 0 Å². The van der Waals surface area contributed by atoms with Crippen LogP contribution in [-0.4, -0.2) is 23.0 Å². The molecule has 0 radical (unpaired) electrons. The van der Waals surface area contributed by atoms with Crippen molar-refractivity contribution in [1.82, 2.24) is 9.88 Å². The van der Waals surface area contributed by atoms with Crippen LogP contribution in [0.25, 0.3) is 0 Å². The van der Waals surface area contributed by atoms with Crippen LogP contribution in [0.1, 0.15) is 38.8 Å². The fourth-order valence-corrected chi connectivity index (χ4v) is 2.78. The molecule has 2 N–H and O–H groups in total. The molecule has 1 aromatic heterocycles. The van der Waals surface area contributed by atoms with Gasteiger partial charge in [0.25, 0.3) is 0 Å². The average molecular weight is 233 g/mol. The summed E-state index contributed by atoms with van der Waals surface area (Å²) in [7, 11) is 0. The molecule has 0 amide bonds. The minimum atomic E-state index is 0.531. The topological polar surface area (TPSA) is 42.2 Å². The summed E-state index contributed by atoms with van der Waals surface area (Å²) in [6, 6.07) is 3.83. The van der Waals surface area contributed by atoms with Gasteiger partial charge in [-0.3, -0.25) is 9.88 Å². The number of hydrogen-bond donors (Lipinski definition) is 1. The Balaban J connectivity index is 2.01. The van der Waals surface area contributed by atoms with E-state index in [4.69, 9.17) is 5.73 Å². The van der Waals surface area contributed by atoms with E-state index in [1.807, 2.05) is 18.3 Å². The van der Waals surface area contributed by atoms with Crippen molar-refractivity contribution >= 4 is 5.69 Å². The largest absolute Gasteiger partial charge is 0.397 e. The first kappa shape index (κ1) is 12.4. The Hall–Kier alpha value is -1.09. The van der Waals surface area contributed by atoms with Gasteiger partial charge in [0.2, 0.25) is 0 Å². The van der Waals surface area contributed by atoms with Gasteiger partial charge < -0.3 is 5.73 Å². The van der Waals surface area contributed by atoms with Crippen LogP contribution in [0.3, 0.4) is 0 Å². The summed E-state index contributed by atoms with van der Waals surface area (Å²) in [4.78, 5) is 6.87. The minimum Gasteiger partial charge on any atom is -0.397 e. The fraction of sp³-hybridized carbons (Fsp3) is 0.643. The van der Waals surface area contributed by atoms with Crippen molar-refractivity contribution in [2.75, 3.05) is 18.8 Å². The van der Waals surface area contributed by atoms with Crippen molar-refractivity contribution in [1.29, 1.82) is 0 Å². The second-order valence-corrected chi connectivity index (χ2v) is 5.21. The number of nitrogen functional groups attached to an aromatic ring is 1. The van der Waals surface area contributed by atoms with Gasteiger partial charge in [-0.25, -0.2) is 0 Å². The van der Waals surface area contributed by atoms with Crippen LogP contribution in [0.5, 0.6) is 0 Å². The van der Waals surface area contributed by atoms with Crippen molar-refractivity contribution in [3.05, 3.63) is 24.0 Å². The number of rotatable bonds is 4. The molecule has 0 aliphatic carbocycles. The number of anilines is 1. The Morgan fingerprint density at radius 1 is 1.41 bits per heavy atom. The van der Waals surface area contributed by atoms with Gasteiger partial charge in [0.15, 0.2) is 0 Å². The maximum absolute atomic E-state index is 5.94. The van der Waals surface area contributed by atoms with Gasteiger partial charge >= 0.3 is 0 Å². The molecule has 3 nitrogen and oxygen atoms in total. The monoisotopic (exact) mass is 233 g/mol. The lowest BCUT2D eigenvalue weighted by Gasteiger charge is -2.26. The highest BCUT2D eigenvalue weighted by Crippen LogP contribution is 2.37. The summed E-state index contributed by atoms with van der Waals surface area (Å²) in [5.41, 5.74) is 8.31. The molecule has 2 heterocycles. The van der Waals surface area contributed by atoms with Gasteiger partial charge in [-0.15, -0.1) is 0 Å². The predicted octanol–water partition coefficient (Wildman–Crippen LogP) is 2.68. The minimum absolute atomic E-state index is 0.531. The molecule has 1 aliphatic rings. The summed E-state index contributed by atoms with van der Waals surface area (Å²) >= 11 is 0. The Morgan fingerprint density at radius 2 is 2.18 bits per heavy atom. The molecule has 0 unspecified atom stereocenters. The first-order chi connectivity index (χ1) is 8.19. The highest BCUT2D eigenvalue weighted by Gasteiger charge is 2.34. The van der Waals surface area contributed by atoms with Gasteiger partial charge in [-0.2, -0.15) is 0 Å². The number of nitrogens with zero attached hydrogens (tertiary/aromatic N) is 2. The summed E-state index contributed by atoms with van der Waals surface area (Å²) in [5.74, 6) is 0. The molecule has 1 aliphatic heterocycles. The summed E-state index contributed by atoms with van der Waals surface area (Å²) < 4.78 is 0.